The van der Waals surface area contributed by atoms with Gasteiger partial charge in [0, 0.05) is 0 Å². The molecule has 0 atom stereocenters. The molecule has 1 aliphatic rings. The van der Waals surface area contributed by atoms with Crippen LogP contribution in [0.5, 0.6) is 0 Å². The summed E-state index contributed by atoms with van der Waals surface area (Å²) in [5, 5.41) is 0. The standard InChI is InChI=1S/C7H12.C2H6.CH4/c1-2-7-5-3-4-6-7;1-2;/h2,7H,1,3-6H2;1-2H3;1H4. The highest BCUT2D eigenvalue weighted by atomic mass is 14.1. The van der Waals surface area contributed by atoms with E-state index in [1.807, 2.05) is 13.8 Å². The highest BCUT2D eigenvalue weighted by Gasteiger charge is 2.09. The second kappa shape index (κ2) is 8.74. The van der Waals surface area contributed by atoms with Crippen LogP contribution in [0.4, 0.5) is 0 Å². The van der Waals surface area contributed by atoms with Gasteiger partial charge in [0.05, 0.1) is 0 Å². The smallest absolute Gasteiger partial charge is 0.0236 e. The van der Waals surface area contributed by atoms with Gasteiger partial charge in [-0.2, -0.15) is 0 Å². The van der Waals surface area contributed by atoms with Crippen molar-refractivity contribution < 1.29 is 0 Å². The second-order valence-electron chi connectivity index (χ2n) is 2.28. The van der Waals surface area contributed by atoms with Crippen LogP contribution in [0.3, 0.4) is 0 Å². The molecule has 0 heterocycles. The van der Waals surface area contributed by atoms with E-state index in [1.165, 1.54) is 25.7 Å². The number of hydrogen-bond donors (Lipinski definition) is 0. The third-order valence-electron chi connectivity index (χ3n) is 1.73. The van der Waals surface area contributed by atoms with Gasteiger partial charge in [-0.05, 0) is 18.8 Å². The van der Waals surface area contributed by atoms with Gasteiger partial charge in [-0.1, -0.05) is 40.2 Å². The van der Waals surface area contributed by atoms with Crippen molar-refractivity contribution in [3.05, 3.63) is 12.7 Å². The Labute approximate surface area is 66.3 Å². The van der Waals surface area contributed by atoms with E-state index in [1.54, 1.807) is 0 Å². The van der Waals surface area contributed by atoms with Crippen LogP contribution < -0.4 is 0 Å². The zero-order valence-corrected chi connectivity index (χ0v) is 6.69. The predicted octanol–water partition coefficient (Wildman–Crippen LogP) is 4.02. The Kier molecular flexibility index (Phi) is 10.9. The minimum atomic E-state index is 0. The Bertz CT molecular complexity index is 58.4. The quantitative estimate of drug-likeness (QED) is 0.485. The normalized spacial score (nSPS) is 16.6. The predicted molar refractivity (Wildman–Crippen MR) is 50.2 cm³/mol. The topological polar surface area (TPSA) is 0 Å². The molecule has 10 heavy (non-hydrogen) atoms. The summed E-state index contributed by atoms with van der Waals surface area (Å²) >= 11 is 0. The van der Waals surface area contributed by atoms with Crippen LogP contribution in [-0.2, 0) is 0 Å². The molecular weight excluding hydrogens is 120 g/mol. The average molecular weight is 142 g/mol. The summed E-state index contributed by atoms with van der Waals surface area (Å²) in [6.45, 7) is 7.74. The van der Waals surface area contributed by atoms with Gasteiger partial charge in [0.1, 0.15) is 0 Å². The molecule has 1 fully saturated rings. The fraction of sp³-hybridized carbons (Fsp3) is 0.800. The van der Waals surface area contributed by atoms with E-state index in [2.05, 4.69) is 12.7 Å². The number of allylic oxidation sites excluding steroid dienone is 1. The summed E-state index contributed by atoms with van der Waals surface area (Å²) in [7, 11) is 0. The highest BCUT2D eigenvalue weighted by Crippen LogP contribution is 2.24. The third-order valence-corrected chi connectivity index (χ3v) is 1.73. The lowest BCUT2D eigenvalue weighted by Gasteiger charge is -1.94. The minimum Gasteiger partial charge on any atom is -0.103 e. The molecule has 0 nitrogen and oxygen atoms in total. The van der Waals surface area contributed by atoms with E-state index in [-0.39, 0.29) is 7.43 Å². The third kappa shape index (κ3) is 4.60. The van der Waals surface area contributed by atoms with E-state index in [9.17, 15) is 0 Å². The summed E-state index contributed by atoms with van der Waals surface area (Å²) in [6.07, 6.45) is 7.73. The van der Waals surface area contributed by atoms with Crippen molar-refractivity contribution in [3.8, 4) is 0 Å². The van der Waals surface area contributed by atoms with Gasteiger partial charge in [0.2, 0.25) is 0 Å². The maximum absolute atomic E-state index is 3.74. The Hall–Kier alpha value is -0.260. The first-order chi connectivity index (χ1) is 4.43. The van der Waals surface area contributed by atoms with Gasteiger partial charge in [-0.3, -0.25) is 0 Å². The summed E-state index contributed by atoms with van der Waals surface area (Å²) in [5.74, 6) is 0.861. The molecule has 0 unspecified atom stereocenters. The zero-order chi connectivity index (χ0) is 7.11. The van der Waals surface area contributed by atoms with E-state index in [4.69, 9.17) is 0 Å². The van der Waals surface area contributed by atoms with Crippen molar-refractivity contribution in [1.82, 2.24) is 0 Å². The molecule has 62 valence electrons. The largest absolute Gasteiger partial charge is 0.103 e. The molecule has 0 aromatic heterocycles. The Morgan fingerprint density at radius 2 is 1.60 bits per heavy atom. The fourth-order valence-electron chi connectivity index (χ4n) is 1.19. The molecule has 1 rings (SSSR count). The lowest BCUT2D eigenvalue weighted by Crippen LogP contribution is -1.81. The molecule has 0 N–H and O–H groups in total. The molecule has 0 aromatic carbocycles. The van der Waals surface area contributed by atoms with Crippen LogP contribution in [0.15, 0.2) is 12.7 Å². The van der Waals surface area contributed by atoms with Crippen LogP contribution in [0.25, 0.3) is 0 Å². The Morgan fingerprint density at radius 1 is 1.20 bits per heavy atom. The van der Waals surface area contributed by atoms with Crippen molar-refractivity contribution in [2.45, 2.75) is 47.0 Å². The molecule has 0 aromatic rings. The summed E-state index contributed by atoms with van der Waals surface area (Å²) in [5.41, 5.74) is 0. The van der Waals surface area contributed by atoms with Crippen LogP contribution in [0.1, 0.15) is 47.0 Å². The van der Waals surface area contributed by atoms with Gasteiger partial charge >= 0.3 is 0 Å². The van der Waals surface area contributed by atoms with Gasteiger partial charge in [0.25, 0.3) is 0 Å². The van der Waals surface area contributed by atoms with Crippen LogP contribution in [0.2, 0.25) is 0 Å². The van der Waals surface area contributed by atoms with Crippen LogP contribution in [-0.4, -0.2) is 0 Å². The monoisotopic (exact) mass is 142 g/mol. The van der Waals surface area contributed by atoms with Gasteiger partial charge in [0.15, 0.2) is 0 Å². The molecule has 1 aliphatic carbocycles. The van der Waals surface area contributed by atoms with E-state index in [0.717, 1.165) is 5.92 Å². The van der Waals surface area contributed by atoms with Crippen molar-refractivity contribution >= 4 is 0 Å². The Balaban J connectivity index is 0. The molecular formula is C10H22. The second-order valence-corrected chi connectivity index (χ2v) is 2.28. The molecule has 0 heteroatoms. The van der Waals surface area contributed by atoms with E-state index >= 15 is 0 Å². The average Bonchev–Trinajstić information content (AvgIpc) is 2.43. The highest BCUT2D eigenvalue weighted by molar-refractivity contribution is 4.82. The van der Waals surface area contributed by atoms with Crippen molar-refractivity contribution in [2.24, 2.45) is 5.92 Å². The maximum atomic E-state index is 3.74. The first-order valence-corrected chi connectivity index (χ1v) is 4.06. The van der Waals surface area contributed by atoms with Gasteiger partial charge < -0.3 is 0 Å². The van der Waals surface area contributed by atoms with Crippen molar-refractivity contribution in [1.29, 1.82) is 0 Å². The van der Waals surface area contributed by atoms with Crippen LogP contribution >= 0.6 is 0 Å². The lowest BCUT2D eigenvalue weighted by atomic mass is 10.1. The molecule has 0 bridgehead atoms. The molecule has 0 amide bonds. The summed E-state index contributed by atoms with van der Waals surface area (Å²) in [6, 6.07) is 0. The molecule has 0 saturated heterocycles. The molecule has 1 saturated carbocycles. The minimum absolute atomic E-state index is 0. The SMILES string of the molecule is C.C=CC1CCCC1.CC. The molecule has 0 spiro atoms. The summed E-state index contributed by atoms with van der Waals surface area (Å²) < 4.78 is 0. The fourth-order valence-corrected chi connectivity index (χ4v) is 1.19. The number of hydrogen-bond acceptors (Lipinski definition) is 0. The summed E-state index contributed by atoms with van der Waals surface area (Å²) in [4.78, 5) is 0. The van der Waals surface area contributed by atoms with Crippen molar-refractivity contribution in [2.75, 3.05) is 0 Å². The number of rotatable bonds is 1. The van der Waals surface area contributed by atoms with E-state index in [0.29, 0.717) is 0 Å². The lowest BCUT2D eigenvalue weighted by molar-refractivity contribution is 0.688. The molecule has 0 aliphatic heterocycles. The van der Waals surface area contributed by atoms with Gasteiger partial charge in [-0.25, -0.2) is 0 Å². The van der Waals surface area contributed by atoms with Crippen molar-refractivity contribution in [3.63, 3.8) is 0 Å². The molecule has 0 radical (unpaired) electrons. The Morgan fingerprint density at radius 3 is 1.80 bits per heavy atom. The maximum Gasteiger partial charge on any atom is -0.0236 e. The van der Waals surface area contributed by atoms with E-state index < -0.39 is 0 Å². The zero-order valence-electron chi connectivity index (χ0n) is 6.69. The first kappa shape index (κ1) is 12.4. The van der Waals surface area contributed by atoms with Crippen LogP contribution in [0, 0.1) is 5.92 Å². The van der Waals surface area contributed by atoms with Gasteiger partial charge in [-0.15, -0.1) is 6.58 Å². The first-order valence-electron chi connectivity index (χ1n) is 4.06.